The minimum atomic E-state index is -1.24. The highest BCUT2D eigenvalue weighted by molar-refractivity contribution is 5.92. The lowest BCUT2D eigenvalue weighted by Crippen LogP contribution is -2.56. The first-order valence-electron chi connectivity index (χ1n) is 10.5. The third-order valence-corrected chi connectivity index (χ3v) is 5.53. The number of nitrogens with zero attached hydrogens (tertiary/aromatic N) is 2. The number of ether oxygens (including phenoxy) is 2. The van der Waals surface area contributed by atoms with Gasteiger partial charge in [0.15, 0.2) is 5.66 Å². The average Bonchev–Trinajstić information content (AvgIpc) is 3.38. The number of alkyl carbamates (subject to hydrolysis) is 1. The third-order valence-electron chi connectivity index (χ3n) is 5.53. The van der Waals surface area contributed by atoms with Gasteiger partial charge < -0.3 is 20.1 Å². The van der Waals surface area contributed by atoms with E-state index >= 15 is 0 Å². The summed E-state index contributed by atoms with van der Waals surface area (Å²) < 4.78 is 10.9. The highest BCUT2D eigenvalue weighted by Gasteiger charge is 2.48. The van der Waals surface area contributed by atoms with E-state index in [1.165, 1.54) is 0 Å². The van der Waals surface area contributed by atoms with Crippen LogP contribution in [0.4, 0.5) is 4.79 Å². The predicted octanol–water partition coefficient (Wildman–Crippen LogP) is 3.44. The van der Waals surface area contributed by atoms with E-state index in [1.54, 1.807) is 27.9 Å². The summed E-state index contributed by atoms with van der Waals surface area (Å²) in [5.41, 5.74) is -0.777. The maximum absolute atomic E-state index is 13.4. The number of nitrogens with one attached hydrogen (secondary N) is 2. The fourth-order valence-corrected chi connectivity index (χ4v) is 3.96. The molecule has 3 rings (SSSR count). The van der Waals surface area contributed by atoms with Crippen molar-refractivity contribution in [3.05, 3.63) is 29.3 Å². The van der Waals surface area contributed by atoms with Gasteiger partial charge in [0.2, 0.25) is 0 Å². The molecule has 2 amide bonds. The maximum atomic E-state index is 13.4. The lowest BCUT2D eigenvalue weighted by atomic mass is 9.90. The Bertz CT molecular complexity index is 922. The monoisotopic (exact) mass is 426 g/mol. The molecule has 2 aliphatic rings. The van der Waals surface area contributed by atoms with Crippen LogP contribution in [-0.4, -0.2) is 36.9 Å². The van der Waals surface area contributed by atoms with Crippen LogP contribution in [0, 0.1) is 12.3 Å². The van der Waals surface area contributed by atoms with Gasteiger partial charge in [0, 0.05) is 31.4 Å². The molecule has 1 aromatic rings. The summed E-state index contributed by atoms with van der Waals surface area (Å²) in [5, 5.41) is 14.0. The highest BCUT2D eigenvalue weighted by atomic mass is 16.6. The number of hydrogen-bond acceptors (Lipinski definition) is 6. The second-order valence-electron chi connectivity index (χ2n) is 8.91. The number of fused-ring (bicyclic) bond motifs is 1. The van der Waals surface area contributed by atoms with E-state index in [0.717, 1.165) is 11.1 Å². The van der Waals surface area contributed by atoms with Gasteiger partial charge in [-0.15, -0.1) is 12.3 Å². The molecule has 1 aliphatic carbocycles. The summed E-state index contributed by atoms with van der Waals surface area (Å²) in [6.45, 7) is 5.71. The molecule has 0 spiro atoms. The van der Waals surface area contributed by atoms with Gasteiger partial charge in [-0.1, -0.05) is 12.1 Å². The maximum Gasteiger partial charge on any atom is 0.408 e. The molecule has 8 heteroatoms. The van der Waals surface area contributed by atoms with Gasteiger partial charge in [-0.2, -0.15) is 10.2 Å². The first-order chi connectivity index (χ1) is 14.6. The lowest BCUT2D eigenvalue weighted by Gasteiger charge is -2.32. The van der Waals surface area contributed by atoms with Crippen molar-refractivity contribution in [2.45, 2.75) is 69.7 Å². The molecule has 0 fully saturated rings. The Balaban J connectivity index is 1.79. The fourth-order valence-electron chi connectivity index (χ4n) is 3.96. The summed E-state index contributed by atoms with van der Waals surface area (Å²) >= 11 is 0. The topological polar surface area (TPSA) is 101 Å². The first kappa shape index (κ1) is 22.6. The molecule has 166 valence electrons. The Kier molecular flexibility index (Phi) is 6.25. The summed E-state index contributed by atoms with van der Waals surface area (Å²) in [7, 11) is 1.59. The van der Waals surface area contributed by atoms with Crippen LogP contribution < -0.4 is 15.4 Å². The Morgan fingerprint density at radius 3 is 2.61 bits per heavy atom. The molecule has 1 aliphatic heterocycles. The van der Waals surface area contributed by atoms with Gasteiger partial charge in [0.1, 0.15) is 16.9 Å². The van der Waals surface area contributed by atoms with E-state index < -0.39 is 22.9 Å². The second kappa shape index (κ2) is 8.58. The van der Waals surface area contributed by atoms with Crippen molar-refractivity contribution < 1.29 is 19.1 Å². The van der Waals surface area contributed by atoms with Crippen molar-refractivity contribution in [1.29, 1.82) is 0 Å². The largest absolute Gasteiger partial charge is 0.496 e. The number of terminal acetylenes is 1. The summed E-state index contributed by atoms with van der Waals surface area (Å²) in [6.07, 6.45) is 7.51. The molecule has 2 N–H and O–H groups in total. The van der Waals surface area contributed by atoms with E-state index in [-0.39, 0.29) is 5.91 Å². The van der Waals surface area contributed by atoms with Crippen LogP contribution in [0.3, 0.4) is 0 Å². The van der Waals surface area contributed by atoms with Crippen molar-refractivity contribution in [2.24, 2.45) is 10.2 Å². The molecular formula is C23H30N4O4. The smallest absolute Gasteiger partial charge is 0.408 e. The van der Waals surface area contributed by atoms with Crippen LogP contribution in [0.1, 0.15) is 57.6 Å². The number of benzene rings is 1. The molecular weight excluding hydrogens is 396 g/mol. The number of rotatable bonds is 8. The van der Waals surface area contributed by atoms with Gasteiger partial charge in [0.05, 0.1) is 7.11 Å². The van der Waals surface area contributed by atoms with Crippen LogP contribution in [-0.2, 0) is 21.5 Å². The Morgan fingerprint density at radius 2 is 2.00 bits per heavy atom. The average molecular weight is 427 g/mol. The molecule has 31 heavy (non-hydrogen) atoms. The quantitative estimate of drug-likeness (QED) is 0.622. The molecule has 0 bridgehead atoms. The van der Waals surface area contributed by atoms with Crippen LogP contribution in [0.5, 0.6) is 5.75 Å². The van der Waals surface area contributed by atoms with E-state index in [4.69, 9.17) is 15.9 Å². The zero-order valence-corrected chi connectivity index (χ0v) is 18.6. The van der Waals surface area contributed by atoms with E-state index in [0.29, 0.717) is 44.4 Å². The minimum Gasteiger partial charge on any atom is -0.496 e. The van der Waals surface area contributed by atoms with Crippen molar-refractivity contribution >= 4 is 12.0 Å². The van der Waals surface area contributed by atoms with Gasteiger partial charge >= 0.3 is 6.09 Å². The molecule has 1 atom stereocenters. The number of methoxy groups -OCH3 is 1. The Hall–Kier alpha value is -3.08. The molecule has 0 saturated carbocycles. The zero-order valence-electron chi connectivity index (χ0n) is 18.6. The third kappa shape index (κ3) is 4.98. The van der Waals surface area contributed by atoms with Crippen molar-refractivity contribution in [2.75, 3.05) is 13.7 Å². The predicted molar refractivity (Wildman–Crippen MR) is 116 cm³/mol. The van der Waals surface area contributed by atoms with Crippen LogP contribution in [0.25, 0.3) is 0 Å². The van der Waals surface area contributed by atoms with Crippen molar-refractivity contribution in [3.63, 3.8) is 0 Å². The first-order valence-corrected chi connectivity index (χ1v) is 10.5. The highest BCUT2D eigenvalue weighted by Crippen LogP contribution is 2.42. The van der Waals surface area contributed by atoms with Gasteiger partial charge in [0.25, 0.3) is 5.91 Å². The Morgan fingerprint density at radius 1 is 1.26 bits per heavy atom. The van der Waals surface area contributed by atoms with E-state index in [9.17, 15) is 9.59 Å². The molecule has 0 radical (unpaired) electrons. The number of hydrogen-bond donors (Lipinski definition) is 2. The summed E-state index contributed by atoms with van der Waals surface area (Å²) in [5.74, 6) is 3.00. The van der Waals surface area contributed by atoms with Gasteiger partial charge in [-0.3, -0.25) is 4.79 Å². The van der Waals surface area contributed by atoms with Crippen LogP contribution >= 0.6 is 0 Å². The molecule has 1 unspecified atom stereocenters. The second-order valence-corrected chi connectivity index (χ2v) is 8.91. The lowest BCUT2D eigenvalue weighted by molar-refractivity contribution is -0.128. The molecule has 1 heterocycles. The van der Waals surface area contributed by atoms with E-state index in [2.05, 4.69) is 26.8 Å². The number of carbonyl (C=O) groups excluding carboxylic acids is 2. The standard InChI is InChI=1S/C23H30N4O4/c1-6-7-12-22(26-27-22)14-15-24-19(28)23(25-20(29)31-21(2,3)4)13-11-16-17(23)9-8-10-18(16)30-5/h1,8-10H,7,11-15H2,2-5H3,(H,24,28)(H,25,29). The summed E-state index contributed by atoms with van der Waals surface area (Å²) in [6, 6.07) is 5.52. The van der Waals surface area contributed by atoms with Crippen LogP contribution in [0.15, 0.2) is 28.4 Å². The SMILES string of the molecule is C#CCCC1(CCNC(=O)C2(NC(=O)OC(C)(C)C)CCc3c(OC)cccc32)N=N1. The van der Waals surface area contributed by atoms with Crippen LogP contribution in [0.2, 0.25) is 0 Å². The fraction of sp³-hybridized carbons (Fsp3) is 0.565. The summed E-state index contributed by atoms with van der Waals surface area (Å²) in [4.78, 5) is 26.1. The number of amides is 2. The molecule has 0 aromatic heterocycles. The van der Waals surface area contributed by atoms with Crippen molar-refractivity contribution in [3.8, 4) is 18.1 Å². The molecule has 8 nitrogen and oxygen atoms in total. The zero-order chi connectivity index (χ0) is 22.7. The van der Waals surface area contributed by atoms with E-state index in [1.807, 2.05) is 18.2 Å². The van der Waals surface area contributed by atoms with Gasteiger partial charge in [-0.25, -0.2) is 4.79 Å². The normalized spacial score (nSPS) is 20.4. The molecule has 1 aromatic carbocycles. The Labute approximate surface area is 183 Å². The van der Waals surface area contributed by atoms with Gasteiger partial charge in [-0.05, 0) is 45.2 Å². The minimum absolute atomic E-state index is 0.293. The number of carbonyl (C=O) groups is 2. The van der Waals surface area contributed by atoms with Crippen molar-refractivity contribution in [1.82, 2.24) is 10.6 Å². The molecule has 0 saturated heterocycles.